The second kappa shape index (κ2) is 11.2. The molecule has 2 amide bonds. The molecule has 3 aromatic rings. The number of anilines is 1. The van der Waals surface area contributed by atoms with Crippen molar-refractivity contribution >= 4 is 41.2 Å². The fourth-order valence-electron chi connectivity index (χ4n) is 4.84. The predicted octanol–water partition coefficient (Wildman–Crippen LogP) is 5.34. The summed E-state index contributed by atoms with van der Waals surface area (Å²) in [5, 5.41) is 7.05. The van der Waals surface area contributed by atoms with Crippen molar-refractivity contribution in [2.45, 2.75) is 63.1 Å². The highest BCUT2D eigenvalue weighted by Gasteiger charge is 2.25. The molecular weight excluding hydrogens is 498 g/mol. The van der Waals surface area contributed by atoms with Crippen LogP contribution in [-0.4, -0.2) is 57.6 Å². The number of nitrogens with zero attached hydrogens (tertiary/aromatic N) is 3. The Kier molecular flexibility index (Phi) is 7.76. The largest absolute Gasteiger partial charge is 0.444 e. The molecule has 0 bridgehead atoms. The van der Waals surface area contributed by atoms with Gasteiger partial charge >= 0.3 is 6.09 Å². The summed E-state index contributed by atoms with van der Waals surface area (Å²) < 4.78 is 7.38. The van der Waals surface area contributed by atoms with E-state index in [1.165, 1.54) is 17.3 Å². The molecule has 0 saturated carbocycles. The van der Waals surface area contributed by atoms with E-state index < -0.39 is 11.7 Å². The van der Waals surface area contributed by atoms with Gasteiger partial charge in [-0.1, -0.05) is 30.0 Å². The molecule has 0 spiro atoms. The number of pyridine rings is 1. The van der Waals surface area contributed by atoms with Crippen LogP contribution >= 0.6 is 11.8 Å². The molecular formula is C29H35N5O3S. The molecule has 5 rings (SSSR count). The minimum atomic E-state index is -0.517. The number of aromatic nitrogens is 2. The summed E-state index contributed by atoms with van der Waals surface area (Å²) in [7, 11) is 0. The number of benzene rings is 1. The number of carbonyl (C=O) groups is 2. The van der Waals surface area contributed by atoms with Crippen molar-refractivity contribution in [2.24, 2.45) is 0 Å². The monoisotopic (exact) mass is 533 g/mol. The molecule has 1 saturated heterocycles. The molecule has 2 aliphatic rings. The Bertz CT molecular complexity index is 1330. The van der Waals surface area contributed by atoms with E-state index in [9.17, 15) is 9.59 Å². The Balaban J connectivity index is 1.02. The highest BCUT2D eigenvalue weighted by molar-refractivity contribution is 8.04. The fourth-order valence-corrected chi connectivity index (χ4v) is 5.83. The molecule has 2 aliphatic heterocycles. The summed E-state index contributed by atoms with van der Waals surface area (Å²) in [5.74, 6) is 0.00232. The van der Waals surface area contributed by atoms with E-state index >= 15 is 0 Å². The third kappa shape index (κ3) is 6.57. The van der Waals surface area contributed by atoms with E-state index in [-0.39, 0.29) is 11.9 Å². The molecule has 8 nitrogen and oxygen atoms in total. The van der Waals surface area contributed by atoms with Crippen LogP contribution < -0.4 is 10.6 Å². The first kappa shape index (κ1) is 26.3. The van der Waals surface area contributed by atoms with Crippen LogP contribution in [0.2, 0.25) is 0 Å². The van der Waals surface area contributed by atoms with E-state index in [4.69, 9.17) is 4.74 Å². The van der Waals surface area contributed by atoms with Gasteiger partial charge in [-0.25, -0.2) is 9.78 Å². The van der Waals surface area contributed by atoms with Crippen LogP contribution in [0.3, 0.4) is 0 Å². The minimum absolute atomic E-state index is 0.00232. The van der Waals surface area contributed by atoms with Crippen LogP contribution in [0.5, 0.6) is 0 Å². The third-order valence-corrected chi connectivity index (χ3v) is 7.75. The van der Waals surface area contributed by atoms with Crippen LogP contribution in [0.4, 0.5) is 10.5 Å². The summed E-state index contributed by atoms with van der Waals surface area (Å²) in [6.07, 6.45) is 7.28. The highest BCUT2D eigenvalue weighted by atomic mass is 32.2. The first-order valence-corrected chi connectivity index (χ1v) is 14.0. The van der Waals surface area contributed by atoms with Gasteiger partial charge in [0.1, 0.15) is 11.2 Å². The second-order valence-electron chi connectivity index (χ2n) is 10.9. The van der Waals surface area contributed by atoms with Gasteiger partial charge in [-0.2, -0.15) is 0 Å². The van der Waals surface area contributed by atoms with Gasteiger partial charge in [0, 0.05) is 24.8 Å². The molecule has 4 heterocycles. The van der Waals surface area contributed by atoms with Crippen LogP contribution in [0.1, 0.15) is 51.3 Å². The Morgan fingerprint density at radius 2 is 1.87 bits per heavy atom. The standard InChI is InChI=1S/C29H35N5O3S/c1-29(2,3)37-28(36)32-21-11-9-20(10-12-21)6-5-15-33-16-13-22(14-17-33)31-27(35)24-18-23-19-30-25-7-4-8-26(38-24)34(23)25/h4,7-12,18-19,22H,5-6,13-17H2,1-3H3,(H,31,35)(H,32,36). The van der Waals surface area contributed by atoms with Gasteiger partial charge in [0.15, 0.2) is 0 Å². The number of piperidine rings is 1. The Morgan fingerprint density at radius 1 is 1.11 bits per heavy atom. The van der Waals surface area contributed by atoms with Gasteiger partial charge in [-0.05, 0) is 88.9 Å². The van der Waals surface area contributed by atoms with Crippen LogP contribution in [-0.2, 0) is 16.0 Å². The van der Waals surface area contributed by atoms with Crippen LogP contribution in [0.15, 0.2) is 58.6 Å². The molecule has 2 N–H and O–H groups in total. The number of hydrogen-bond acceptors (Lipinski definition) is 6. The summed E-state index contributed by atoms with van der Waals surface area (Å²) in [6.45, 7) is 8.55. The van der Waals surface area contributed by atoms with Crippen molar-refractivity contribution in [2.75, 3.05) is 25.0 Å². The Morgan fingerprint density at radius 3 is 2.61 bits per heavy atom. The normalized spacial score (nSPS) is 16.2. The summed E-state index contributed by atoms with van der Waals surface area (Å²) in [6, 6.07) is 14.1. The summed E-state index contributed by atoms with van der Waals surface area (Å²) >= 11 is 1.50. The smallest absolute Gasteiger partial charge is 0.412 e. The number of amides is 2. The van der Waals surface area contributed by atoms with Crippen molar-refractivity contribution in [1.82, 2.24) is 19.6 Å². The molecule has 0 aliphatic carbocycles. The first-order valence-electron chi connectivity index (χ1n) is 13.2. The summed E-state index contributed by atoms with van der Waals surface area (Å²) in [5.41, 5.74) is 3.31. The van der Waals surface area contributed by atoms with Crippen LogP contribution in [0.25, 0.3) is 11.7 Å². The zero-order valence-electron chi connectivity index (χ0n) is 22.2. The number of aryl methyl sites for hydroxylation is 1. The SMILES string of the molecule is CC(C)(C)OC(=O)Nc1ccc(CCCN2CCC(NC(=O)C3=Cc4cnc5cccc(n45)S3)CC2)cc1. The zero-order valence-corrected chi connectivity index (χ0v) is 23.0. The molecule has 2 aromatic heterocycles. The molecule has 200 valence electrons. The average Bonchev–Trinajstić information content (AvgIpc) is 3.29. The van der Waals surface area contributed by atoms with Gasteiger partial charge in [-0.3, -0.25) is 14.5 Å². The van der Waals surface area contributed by atoms with Crippen molar-refractivity contribution in [3.05, 3.63) is 64.8 Å². The van der Waals surface area contributed by atoms with Crippen LogP contribution in [0, 0.1) is 0 Å². The van der Waals surface area contributed by atoms with Gasteiger partial charge in [0.2, 0.25) is 0 Å². The van der Waals surface area contributed by atoms with Gasteiger partial charge in [0.25, 0.3) is 5.91 Å². The maximum atomic E-state index is 13.0. The zero-order chi connectivity index (χ0) is 26.7. The van der Waals surface area contributed by atoms with Gasteiger partial charge in [-0.15, -0.1) is 0 Å². The molecule has 0 atom stereocenters. The fraction of sp³-hybridized carbons (Fsp3) is 0.414. The molecule has 1 aromatic carbocycles. The number of ether oxygens (including phenoxy) is 1. The Labute approximate surface area is 227 Å². The van der Waals surface area contributed by atoms with Gasteiger partial charge < -0.3 is 15.0 Å². The van der Waals surface area contributed by atoms with Gasteiger partial charge in [0.05, 0.1) is 21.8 Å². The van der Waals surface area contributed by atoms with Crippen molar-refractivity contribution in [3.63, 3.8) is 0 Å². The number of likely N-dealkylation sites (tertiary alicyclic amines) is 1. The third-order valence-electron chi connectivity index (χ3n) is 6.70. The predicted molar refractivity (Wildman–Crippen MR) is 151 cm³/mol. The molecule has 9 heteroatoms. The average molecular weight is 534 g/mol. The maximum absolute atomic E-state index is 13.0. The minimum Gasteiger partial charge on any atom is -0.444 e. The van der Waals surface area contributed by atoms with E-state index in [1.807, 2.05) is 63.4 Å². The lowest BCUT2D eigenvalue weighted by atomic mass is 10.0. The van der Waals surface area contributed by atoms with E-state index in [1.54, 1.807) is 0 Å². The second-order valence-corrected chi connectivity index (χ2v) is 11.9. The quantitative estimate of drug-likeness (QED) is 0.426. The van der Waals surface area contributed by atoms with E-state index in [0.29, 0.717) is 0 Å². The number of imidazole rings is 1. The van der Waals surface area contributed by atoms with E-state index in [2.05, 4.69) is 37.1 Å². The lowest BCUT2D eigenvalue weighted by molar-refractivity contribution is -0.117. The summed E-state index contributed by atoms with van der Waals surface area (Å²) in [4.78, 5) is 32.5. The first-order chi connectivity index (χ1) is 18.2. The molecule has 38 heavy (non-hydrogen) atoms. The molecule has 0 radical (unpaired) electrons. The molecule has 1 fully saturated rings. The van der Waals surface area contributed by atoms with Crippen molar-refractivity contribution < 1.29 is 14.3 Å². The Hall–Kier alpha value is -3.30. The number of rotatable bonds is 7. The number of thioether (sulfide) groups is 1. The highest BCUT2D eigenvalue weighted by Crippen LogP contribution is 2.34. The maximum Gasteiger partial charge on any atom is 0.412 e. The number of carbonyl (C=O) groups excluding carboxylic acids is 2. The van der Waals surface area contributed by atoms with Crippen molar-refractivity contribution in [3.8, 4) is 0 Å². The van der Waals surface area contributed by atoms with Crippen molar-refractivity contribution in [1.29, 1.82) is 0 Å². The molecule has 0 unspecified atom stereocenters. The lowest BCUT2D eigenvalue weighted by Gasteiger charge is -2.32. The number of nitrogens with one attached hydrogen (secondary N) is 2. The number of hydrogen-bond donors (Lipinski definition) is 2. The lowest BCUT2D eigenvalue weighted by Crippen LogP contribution is -2.45. The topological polar surface area (TPSA) is 88.0 Å². The van der Waals surface area contributed by atoms with E-state index in [0.717, 1.165) is 72.3 Å².